The van der Waals surface area contributed by atoms with E-state index < -0.39 is 22.3 Å². The summed E-state index contributed by atoms with van der Waals surface area (Å²) in [5.41, 5.74) is 2.68. The molecule has 0 aliphatic heterocycles. The summed E-state index contributed by atoms with van der Waals surface area (Å²) < 4.78 is 62.5. The second-order valence-electron chi connectivity index (χ2n) is 7.34. The van der Waals surface area contributed by atoms with Crippen molar-refractivity contribution in [2.24, 2.45) is 0 Å². The summed E-state index contributed by atoms with van der Waals surface area (Å²) in [6, 6.07) is 0. The molecule has 0 N–H and O–H groups in total. The van der Waals surface area contributed by atoms with E-state index >= 15 is 0 Å². The van der Waals surface area contributed by atoms with Crippen LogP contribution >= 0.6 is 22.3 Å². The molecular formula is C20H37O7P3. The standard InChI is InChI=1S/C20H37O7P3/c1-10-24-29(22,25-11-2)14-18-15(5)19(28(8,9)21)17(7)20(16(18)6)30(23,26-12-3)27-13-4/h10-14H2,1-9H3. The minimum absolute atomic E-state index is 0.00905. The molecule has 174 valence electrons. The van der Waals surface area contributed by atoms with Crippen molar-refractivity contribution in [3.05, 3.63) is 22.3 Å². The molecule has 0 aromatic heterocycles. The first kappa shape index (κ1) is 27.8. The number of hydrogen-bond acceptors (Lipinski definition) is 7. The zero-order chi connectivity index (χ0) is 23.3. The molecule has 10 heteroatoms. The molecule has 0 bridgehead atoms. The van der Waals surface area contributed by atoms with Crippen LogP contribution < -0.4 is 10.6 Å². The molecule has 0 spiro atoms. The van der Waals surface area contributed by atoms with E-state index in [1.165, 1.54) is 0 Å². The van der Waals surface area contributed by atoms with Crippen LogP contribution in [-0.2, 0) is 38.0 Å². The summed E-state index contributed by atoms with van der Waals surface area (Å²) in [5.74, 6) is 0. The maximum atomic E-state index is 13.8. The minimum atomic E-state index is -3.68. The van der Waals surface area contributed by atoms with Gasteiger partial charge in [0, 0.05) is 5.30 Å². The Bertz CT molecular complexity index is 869. The van der Waals surface area contributed by atoms with E-state index in [0.717, 1.165) is 5.56 Å². The highest BCUT2D eigenvalue weighted by Crippen LogP contribution is 2.55. The van der Waals surface area contributed by atoms with Gasteiger partial charge in [-0.25, -0.2) is 0 Å². The maximum Gasteiger partial charge on any atom is 0.361 e. The van der Waals surface area contributed by atoms with Gasteiger partial charge in [-0.1, -0.05) is 0 Å². The number of hydrogen-bond donors (Lipinski definition) is 0. The Labute approximate surface area is 181 Å². The van der Waals surface area contributed by atoms with Gasteiger partial charge < -0.3 is 22.7 Å². The molecule has 0 radical (unpaired) electrons. The normalized spacial score (nSPS) is 13.1. The number of rotatable bonds is 12. The first-order chi connectivity index (χ1) is 13.8. The van der Waals surface area contributed by atoms with Crippen molar-refractivity contribution >= 4 is 32.9 Å². The molecule has 0 fully saturated rings. The highest BCUT2D eigenvalue weighted by molar-refractivity contribution is 7.70. The average molecular weight is 482 g/mol. The predicted molar refractivity (Wildman–Crippen MR) is 125 cm³/mol. The van der Waals surface area contributed by atoms with Gasteiger partial charge in [-0.2, -0.15) is 0 Å². The van der Waals surface area contributed by atoms with Crippen LogP contribution in [-0.4, -0.2) is 39.8 Å². The van der Waals surface area contributed by atoms with Crippen LogP contribution in [0.5, 0.6) is 0 Å². The quantitative estimate of drug-likeness (QED) is 0.363. The summed E-state index contributed by atoms with van der Waals surface area (Å²) >= 11 is 0. The van der Waals surface area contributed by atoms with Crippen LogP contribution in [0.25, 0.3) is 0 Å². The topological polar surface area (TPSA) is 88.1 Å². The molecule has 30 heavy (non-hydrogen) atoms. The van der Waals surface area contributed by atoms with Gasteiger partial charge in [0.1, 0.15) is 7.14 Å². The molecule has 0 saturated carbocycles. The fourth-order valence-corrected chi connectivity index (χ4v) is 9.86. The zero-order valence-electron chi connectivity index (χ0n) is 19.7. The summed E-state index contributed by atoms with van der Waals surface area (Å²) in [7, 11) is -9.90. The molecule has 0 aliphatic rings. The van der Waals surface area contributed by atoms with Crippen LogP contribution in [0.3, 0.4) is 0 Å². The van der Waals surface area contributed by atoms with Gasteiger partial charge in [0.05, 0.1) is 37.9 Å². The molecule has 0 heterocycles. The Morgan fingerprint density at radius 1 is 0.633 bits per heavy atom. The van der Waals surface area contributed by atoms with E-state index in [0.29, 0.717) is 27.3 Å². The van der Waals surface area contributed by atoms with Gasteiger partial charge in [-0.05, 0) is 84.0 Å². The third-order valence-electron chi connectivity index (χ3n) is 4.74. The average Bonchev–Trinajstić information content (AvgIpc) is 2.58. The molecular weight excluding hydrogens is 445 g/mol. The van der Waals surface area contributed by atoms with Crippen LogP contribution in [0, 0.1) is 20.8 Å². The van der Waals surface area contributed by atoms with Crippen molar-refractivity contribution in [3.8, 4) is 0 Å². The Balaban J connectivity index is 3.98. The fourth-order valence-electron chi connectivity index (χ4n) is 3.92. The van der Waals surface area contributed by atoms with Crippen molar-refractivity contribution in [3.63, 3.8) is 0 Å². The van der Waals surface area contributed by atoms with Crippen molar-refractivity contribution in [1.29, 1.82) is 0 Å². The van der Waals surface area contributed by atoms with E-state index in [2.05, 4.69) is 0 Å². The highest BCUT2D eigenvalue weighted by Gasteiger charge is 2.37. The Kier molecular flexibility index (Phi) is 10.2. The van der Waals surface area contributed by atoms with Crippen LogP contribution in [0.1, 0.15) is 49.9 Å². The lowest BCUT2D eigenvalue weighted by atomic mass is 10.0. The summed E-state index contributed by atoms with van der Waals surface area (Å²) in [6.45, 7) is 16.6. The first-order valence-electron chi connectivity index (χ1n) is 10.3. The number of benzene rings is 1. The molecule has 0 atom stereocenters. The zero-order valence-corrected chi connectivity index (χ0v) is 22.4. The maximum absolute atomic E-state index is 13.8. The molecule has 0 saturated heterocycles. The predicted octanol–water partition coefficient (Wildman–Crippen LogP) is 5.52. The largest absolute Gasteiger partial charge is 0.361 e. The van der Waals surface area contributed by atoms with Gasteiger partial charge in [-0.3, -0.25) is 9.13 Å². The van der Waals surface area contributed by atoms with E-state index in [1.54, 1.807) is 54.9 Å². The smallest absolute Gasteiger partial charge is 0.319 e. The SMILES string of the molecule is CCOP(=O)(Cc1c(C)c(P(C)(C)=O)c(C)c(P(=O)(OCC)OCC)c1C)OCC. The second kappa shape index (κ2) is 11.1. The van der Waals surface area contributed by atoms with Gasteiger partial charge in [0.25, 0.3) is 0 Å². The lowest BCUT2D eigenvalue weighted by molar-refractivity contribution is 0.219. The molecule has 1 aromatic rings. The summed E-state index contributed by atoms with van der Waals surface area (Å²) in [6.07, 6.45) is -0.00905. The fraction of sp³-hybridized carbons (Fsp3) is 0.700. The highest BCUT2D eigenvalue weighted by atomic mass is 31.2. The van der Waals surface area contributed by atoms with Crippen LogP contribution in [0.15, 0.2) is 0 Å². The molecule has 0 aliphatic carbocycles. The lowest BCUT2D eigenvalue weighted by Gasteiger charge is -2.29. The molecule has 1 aromatic carbocycles. The molecule has 7 nitrogen and oxygen atoms in total. The van der Waals surface area contributed by atoms with Crippen molar-refractivity contribution < 1.29 is 31.8 Å². The monoisotopic (exact) mass is 482 g/mol. The Hall–Kier alpha value is -0.250. The van der Waals surface area contributed by atoms with Crippen molar-refractivity contribution in [1.82, 2.24) is 0 Å². The van der Waals surface area contributed by atoms with Crippen molar-refractivity contribution in [2.45, 2.75) is 54.6 Å². The van der Waals surface area contributed by atoms with E-state index in [1.807, 2.05) is 6.92 Å². The minimum Gasteiger partial charge on any atom is -0.319 e. The van der Waals surface area contributed by atoms with Gasteiger partial charge in [0.2, 0.25) is 0 Å². The van der Waals surface area contributed by atoms with Crippen molar-refractivity contribution in [2.75, 3.05) is 39.8 Å². The van der Waals surface area contributed by atoms with Gasteiger partial charge in [-0.15, -0.1) is 0 Å². The lowest BCUT2D eigenvalue weighted by Crippen LogP contribution is -2.29. The summed E-state index contributed by atoms with van der Waals surface area (Å²) in [4.78, 5) is 0. The molecule has 1 rings (SSSR count). The molecule has 0 unspecified atom stereocenters. The van der Waals surface area contributed by atoms with Crippen LogP contribution in [0.4, 0.5) is 0 Å². The van der Waals surface area contributed by atoms with E-state index in [9.17, 15) is 13.7 Å². The first-order valence-corrected chi connectivity index (χ1v) is 16.1. The second-order valence-corrected chi connectivity index (χ2v) is 14.5. The van der Waals surface area contributed by atoms with Gasteiger partial charge >= 0.3 is 15.2 Å². The third kappa shape index (κ3) is 6.17. The molecule has 0 amide bonds. The van der Waals surface area contributed by atoms with Crippen LogP contribution in [0.2, 0.25) is 0 Å². The van der Waals surface area contributed by atoms with E-state index in [-0.39, 0.29) is 32.6 Å². The summed E-state index contributed by atoms with van der Waals surface area (Å²) in [5, 5.41) is 1.00. The Morgan fingerprint density at radius 2 is 1.03 bits per heavy atom. The van der Waals surface area contributed by atoms with Gasteiger partial charge in [0.15, 0.2) is 0 Å². The third-order valence-corrected chi connectivity index (χ3v) is 10.9. The Morgan fingerprint density at radius 3 is 1.40 bits per heavy atom. The van der Waals surface area contributed by atoms with E-state index in [4.69, 9.17) is 18.1 Å².